The second-order valence-electron chi connectivity index (χ2n) is 13.3. The molecule has 5 atom stereocenters. The average Bonchev–Trinajstić information content (AvgIpc) is 3.61. The number of aromatic hydroxyl groups is 1. The number of aryl methyl sites for hydroxylation is 1. The molecule has 0 aromatic heterocycles. The van der Waals surface area contributed by atoms with Crippen LogP contribution in [0.5, 0.6) is 5.75 Å². The number of nitrogens with zero attached hydrogens (tertiary/aromatic N) is 1. The first-order chi connectivity index (χ1) is 24.8. The Morgan fingerprint density at radius 2 is 1.58 bits per heavy atom. The van der Waals surface area contributed by atoms with Crippen LogP contribution < -0.4 is 38.1 Å². The van der Waals surface area contributed by atoms with Crippen molar-refractivity contribution in [1.29, 1.82) is 0 Å². The molecule has 0 aliphatic carbocycles. The van der Waals surface area contributed by atoms with Crippen LogP contribution >= 0.6 is 0 Å². The maximum Gasteiger partial charge on any atom is 0.246 e. The van der Waals surface area contributed by atoms with E-state index >= 15 is 0 Å². The molecule has 2 aliphatic heterocycles. The Labute approximate surface area is 301 Å². The van der Waals surface area contributed by atoms with Gasteiger partial charge in [-0.05, 0) is 68.7 Å². The molecular weight excluding hydrogens is 672 g/mol. The summed E-state index contributed by atoms with van der Waals surface area (Å²) in [6, 6.07) is 7.93. The summed E-state index contributed by atoms with van der Waals surface area (Å²) in [7, 11) is 0. The molecule has 2 saturated heterocycles. The lowest BCUT2D eigenvalue weighted by Crippen LogP contribution is -2.58. The number of phenols is 1. The van der Waals surface area contributed by atoms with Gasteiger partial charge in [0.15, 0.2) is 0 Å². The van der Waals surface area contributed by atoms with Gasteiger partial charge in [-0.15, -0.1) is 0 Å². The Morgan fingerprint density at radius 3 is 2.27 bits per heavy atom. The quantitative estimate of drug-likeness (QED) is 0.159. The van der Waals surface area contributed by atoms with Crippen molar-refractivity contribution in [2.45, 2.75) is 88.5 Å². The van der Waals surface area contributed by atoms with Crippen molar-refractivity contribution < 1.29 is 38.7 Å². The predicted octanol–water partition coefficient (Wildman–Crippen LogP) is -1.45. The van der Waals surface area contributed by atoms with Gasteiger partial charge in [-0.2, -0.15) is 0 Å². The summed E-state index contributed by atoms with van der Waals surface area (Å²) in [6.45, 7) is 1.76. The SMILES string of the molecule is Cc1ccc(C[C@@H]2NC(=O)CNC(=O)[C@H](NC(=O)[C@@H](N)Cc3ccc(O)cc3)CCCCNC(=O)C[C@H](C(=O)N3CCC[C@H]3C(N)=O)NC2=O)cc1. The standard InChI is InChI=1S/C36H48N8O8/c1-21-7-9-23(10-8-21)18-27-35(51)43-28(36(52)44-16-4-6-29(44)32(38)48)19-30(46)39-15-3-2-5-26(34(50)40-20-31(47)41-27)42-33(49)25(37)17-22-11-13-24(45)14-12-22/h7-14,25-29,45H,2-6,15-20,37H2,1H3,(H2,38,48)(H,39,46)(H,40,50)(H,41,47)(H,42,49)(H,43,51)/t25-,26+,27-,28+,29-/m0/s1. The van der Waals surface area contributed by atoms with Crippen molar-refractivity contribution >= 4 is 41.4 Å². The van der Waals surface area contributed by atoms with Gasteiger partial charge < -0.3 is 48.1 Å². The molecule has 16 heteroatoms. The first-order valence-electron chi connectivity index (χ1n) is 17.4. The lowest BCUT2D eigenvalue weighted by molar-refractivity contribution is -0.142. The van der Waals surface area contributed by atoms with Crippen LogP contribution in [-0.2, 0) is 46.4 Å². The van der Waals surface area contributed by atoms with E-state index in [-0.39, 0.29) is 38.1 Å². The summed E-state index contributed by atoms with van der Waals surface area (Å²) < 4.78 is 0. The van der Waals surface area contributed by atoms with Gasteiger partial charge >= 0.3 is 0 Å². The fourth-order valence-electron chi connectivity index (χ4n) is 6.19. The van der Waals surface area contributed by atoms with E-state index in [1.54, 1.807) is 24.3 Å². The molecule has 2 aromatic rings. The summed E-state index contributed by atoms with van der Waals surface area (Å²) >= 11 is 0. The van der Waals surface area contributed by atoms with Gasteiger partial charge in [-0.1, -0.05) is 42.0 Å². The minimum atomic E-state index is -1.36. The van der Waals surface area contributed by atoms with Gasteiger partial charge in [-0.25, -0.2) is 0 Å². The zero-order valence-corrected chi connectivity index (χ0v) is 29.2. The van der Waals surface area contributed by atoms with E-state index in [2.05, 4.69) is 26.6 Å². The Hall–Kier alpha value is -5.51. The van der Waals surface area contributed by atoms with Crippen molar-refractivity contribution in [3.05, 3.63) is 65.2 Å². The third-order valence-corrected chi connectivity index (χ3v) is 9.11. The molecule has 16 nitrogen and oxygen atoms in total. The maximum atomic E-state index is 13.8. The fraction of sp³-hybridized carbons (Fsp3) is 0.472. The first-order valence-corrected chi connectivity index (χ1v) is 17.4. The van der Waals surface area contributed by atoms with Gasteiger partial charge in [0, 0.05) is 19.5 Å². The van der Waals surface area contributed by atoms with E-state index in [0.29, 0.717) is 36.8 Å². The number of carbonyl (C=O) groups excluding carboxylic acids is 7. The van der Waals surface area contributed by atoms with Gasteiger partial charge in [-0.3, -0.25) is 33.6 Å². The Bertz CT molecular complexity index is 1620. The molecule has 280 valence electrons. The number of amides is 7. The van der Waals surface area contributed by atoms with E-state index in [4.69, 9.17) is 11.5 Å². The molecular formula is C36H48N8O8. The fourth-order valence-corrected chi connectivity index (χ4v) is 6.19. The monoisotopic (exact) mass is 720 g/mol. The second-order valence-corrected chi connectivity index (χ2v) is 13.3. The molecule has 0 spiro atoms. The number of nitrogens with one attached hydrogen (secondary N) is 5. The normalized spacial score (nSPS) is 22.9. The van der Waals surface area contributed by atoms with Crippen LogP contribution in [0.2, 0.25) is 0 Å². The van der Waals surface area contributed by atoms with E-state index in [0.717, 1.165) is 5.56 Å². The molecule has 2 aromatic carbocycles. The van der Waals surface area contributed by atoms with Crippen LogP contribution in [0.25, 0.3) is 0 Å². The highest BCUT2D eigenvalue weighted by Crippen LogP contribution is 2.19. The lowest BCUT2D eigenvalue weighted by Gasteiger charge is -2.29. The number of rotatable bonds is 8. The maximum absolute atomic E-state index is 13.8. The number of phenolic OH excluding ortho intramolecular Hbond substituents is 1. The van der Waals surface area contributed by atoms with E-state index in [1.165, 1.54) is 17.0 Å². The number of hydrogen-bond donors (Lipinski definition) is 8. The van der Waals surface area contributed by atoms with Crippen LogP contribution in [0.15, 0.2) is 48.5 Å². The molecule has 2 aliphatic rings. The summed E-state index contributed by atoms with van der Waals surface area (Å²) in [4.78, 5) is 93.5. The largest absolute Gasteiger partial charge is 0.508 e. The second kappa shape index (κ2) is 18.6. The lowest BCUT2D eigenvalue weighted by atomic mass is 10.0. The molecule has 0 bridgehead atoms. The van der Waals surface area contributed by atoms with Crippen LogP contribution in [0.1, 0.15) is 55.2 Å². The third kappa shape index (κ3) is 11.5. The number of nitrogens with two attached hydrogens (primary N) is 2. The highest BCUT2D eigenvalue weighted by Gasteiger charge is 2.38. The highest BCUT2D eigenvalue weighted by atomic mass is 16.3. The van der Waals surface area contributed by atoms with Crippen molar-refractivity contribution in [2.75, 3.05) is 19.6 Å². The number of likely N-dealkylation sites (tertiary alicyclic amines) is 1. The summed E-state index contributed by atoms with van der Waals surface area (Å²) in [6.07, 6.45) is 1.53. The molecule has 52 heavy (non-hydrogen) atoms. The minimum absolute atomic E-state index is 0.0180. The summed E-state index contributed by atoms with van der Waals surface area (Å²) in [5, 5.41) is 22.7. The van der Waals surface area contributed by atoms with Gasteiger partial charge in [0.1, 0.15) is 29.9 Å². The number of benzene rings is 2. The zero-order valence-electron chi connectivity index (χ0n) is 29.2. The number of primary amides is 1. The Morgan fingerprint density at radius 1 is 0.885 bits per heavy atom. The predicted molar refractivity (Wildman–Crippen MR) is 189 cm³/mol. The minimum Gasteiger partial charge on any atom is -0.508 e. The molecule has 0 radical (unpaired) electrons. The topological polar surface area (TPSA) is 255 Å². The Kier molecular flexibility index (Phi) is 14.1. The van der Waals surface area contributed by atoms with Crippen molar-refractivity contribution in [2.24, 2.45) is 11.5 Å². The zero-order chi connectivity index (χ0) is 37.8. The average molecular weight is 721 g/mol. The molecule has 7 amide bonds. The molecule has 0 unspecified atom stereocenters. The van der Waals surface area contributed by atoms with Gasteiger partial charge in [0.2, 0.25) is 41.4 Å². The first kappa shape index (κ1) is 39.3. The highest BCUT2D eigenvalue weighted by molar-refractivity contribution is 5.97. The van der Waals surface area contributed by atoms with Crippen LogP contribution in [-0.4, -0.2) is 101 Å². The van der Waals surface area contributed by atoms with E-state index in [9.17, 15) is 38.7 Å². The van der Waals surface area contributed by atoms with Gasteiger partial charge in [0.05, 0.1) is 19.0 Å². The van der Waals surface area contributed by atoms with E-state index < -0.39 is 84.5 Å². The molecule has 4 rings (SSSR count). The molecule has 10 N–H and O–H groups in total. The molecule has 2 heterocycles. The Balaban J connectivity index is 1.53. The van der Waals surface area contributed by atoms with Crippen LogP contribution in [0, 0.1) is 6.92 Å². The van der Waals surface area contributed by atoms with Crippen molar-refractivity contribution in [3.8, 4) is 5.75 Å². The van der Waals surface area contributed by atoms with Gasteiger partial charge in [0.25, 0.3) is 0 Å². The van der Waals surface area contributed by atoms with Crippen molar-refractivity contribution in [1.82, 2.24) is 31.5 Å². The summed E-state index contributed by atoms with van der Waals surface area (Å²) in [5.41, 5.74) is 14.0. The number of carbonyl (C=O) groups is 7. The smallest absolute Gasteiger partial charge is 0.246 e. The molecule has 2 fully saturated rings. The molecule has 0 saturated carbocycles. The van der Waals surface area contributed by atoms with Crippen LogP contribution in [0.4, 0.5) is 0 Å². The summed E-state index contributed by atoms with van der Waals surface area (Å²) in [5.74, 6) is -4.52. The number of hydrogen-bond acceptors (Lipinski definition) is 9. The van der Waals surface area contributed by atoms with Crippen LogP contribution in [0.3, 0.4) is 0 Å². The van der Waals surface area contributed by atoms with Crippen molar-refractivity contribution in [3.63, 3.8) is 0 Å². The third-order valence-electron chi connectivity index (χ3n) is 9.11. The van der Waals surface area contributed by atoms with E-state index in [1.807, 2.05) is 19.1 Å².